The van der Waals surface area contributed by atoms with Gasteiger partial charge < -0.3 is 9.47 Å². The zero-order chi connectivity index (χ0) is 14.1. The van der Waals surface area contributed by atoms with Gasteiger partial charge in [0.1, 0.15) is 0 Å². The van der Waals surface area contributed by atoms with Gasteiger partial charge in [0, 0.05) is 18.3 Å². The molecule has 1 spiro atoms. The molecule has 0 aromatic rings. The zero-order valence-electron chi connectivity index (χ0n) is 12.3. The van der Waals surface area contributed by atoms with Crippen LogP contribution in [0.3, 0.4) is 0 Å². The van der Waals surface area contributed by atoms with Crippen LogP contribution in [0.4, 0.5) is 0 Å². The molecule has 2 bridgehead atoms. The van der Waals surface area contributed by atoms with E-state index in [0.29, 0.717) is 11.8 Å². The summed E-state index contributed by atoms with van der Waals surface area (Å²) in [5, 5.41) is 0. The molecular formula is C15H22O5. The Balaban J connectivity index is 1.84. The molecule has 0 radical (unpaired) electrons. The SMILES string of the molecule is C[C@@H]1CC[C@@H]2[C@@H](C)C(=O)O[C@@H]3O[C@@]4(C)CC[C@H]1[C@]32OO4. The van der Waals surface area contributed by atoms with E-state index in [-0.39, 0.29) is 17.8 Å². The van der Waals surface area contributed by atoms with Crippen LogP contribution in [0, 0.1) is 23.7 Å². The minimum absolute atomic E-state index is 0.123. The first-order chi connectivity index (χ1) is 9.46. The highest BCUT2D eigenvalue weighted by Crippen LogP contribution is 2.59. The van der Waals surface area contributed by atoms with Crippen LogP contribution in [0.15, 0.2) is 0 Å². The van der Waals surface area contributed by atoms with Crippen molar-refractivity contribution in [1.29, 1.82) is 0 Å². The van der Waals surface area contributed by atoms with E-state index >= 15 is 0 Å². The van der Waals surface area contributed by atoms with Crippen LogP contribution in [-0.2, 0) is 24.0 Å². The summed E-state index contributed by atoms with van der Waals surface area (Å²) in [7, 11) is 0. The third-order valence-electron chi connectivity index (χ3n) is 5.97. The molecule has 20 heavy (non-hydrogen) atoms. The number of ether oxygens (including phenoxy) is 2. The molecule has 0 N–H and O–H groups in total. The lowest BCUT2D eigenvalue weighted by atomic mass is 9.58. The van der Waals surface area contributed by atoms with Gasteiger partial charge in [0.25, 0.3) is 0 Å². The maximum Gasteiger partial charge on any atom is 0.311 e. The maximum absolute atomic E-state index is 12.1. The lowest BCUT2D eigenvalue weighted by Gasteiger charge is -2.57. The van der Waals surface area contributed by atoms with Crippen LogP contribution in [0.5, 0.6) is 0 Å². The maximum atomic E-state index is 12.1. The van der Waals surface area contributed by atoms with Crippen molar-refractivity contribution in [2.75, 3.05) is 0 Å². The Bertz CT molecular complexity index is 452. The molecule has 0 aromatic heterocycles. The van der Waals surface area contributed by atoms with Gasteiger partial charge in [-0.2, -0.15) is 0 Å². The van der Waals surface area contributed by atoms with Gasteiger partial charge in [0.2, 0.25) is 12.1 Å². The molecule has 4 heterocycles. The molecule has 5 fully saturated rings. The molecule has 4 aliphatic heterocycles. The molecule has 1 saturated carbocycles. The van der Waals surface area contributed by atoms with Crippen LogP contribution in [0.2, 0.25) is 0 Å². The lowest BCUT2D eigenvalue weighted by Crippen LogP contribution is -2.69. The molecule has 5 nitrogen and oxygen atoms in total. The van der Waals surface area contributed by atoms with E-state index in [2.05, 4.69) is 6.92 Å². The Labute approximate surface area is 118 Å². The number of hydrogen-bond acceptors (Lipinski definition) is 5. The van der Waals surface area contributed by atoms with E-state index in [4.69, 9.17) is 19.2 Å². The van der Waals surface area contributed by atoms with Gasteiger partial charge >= 0.3 is 5.97 Å². The average molecular weight is 282 g/mol. The van der Waals surface area contributed by atoms with Crippen molar-refractivity contribution >= 4 is 5.97 Å². The minimum Gasteiger partial charge on any atom is -0.432 e. The molecule has 7 atom stereocenters. The number of hydrogen-bond donors (Lipinski definition) is 0. The standard InChI is InChI=1S/C15H22O5/c1-8-4-5-11-9(2)12(16)17-13-15(11)10(8)6-7-14(3,18-13)19-20-15/h8-11,13H,4-7H2,1-3H3/t8-,9-,10-,11-,13-,14-,15-/m1/s1. The fourth-order valence-corrected chi connectivity index (χ4v) is 4.76. The van der Waals surface area contributed by atoms with Crippen molar-refractivity contribution in [3.63, 3.8) is 0 Å². The second-order valence-corrected chi connectivity index (χ2v) is 7.14. The van der Waals surface area contributed by atoms with Crippen LogP contribution >= 0.6 is 0 Å². The molecule has 0 amide bonds. The van der Waals surface area contributed by atoms with E-state index in [0.717, 1.165) is 25.7 Å². The van der Waals surface area contributed by atoms with E-state index in [9.17, 15) is 4.79 Å². The van der Waals surface area contributed by atoms with E-state index in [1.807, 2.05) is 13.8 Å². The summed E-state index contributed by atoms with van der Waals surface area (Å²) in [4.78, 5) is 23.7. The molecule has 0 unspecified atom stereocenters. The first kappa shape index (κ1) is 13.0. The van der Waals surface area contributed by atoms with Crippen molar-refractivity contribution in [2.45, 2.75) is 64.1 Å². The second-order valence-electron chi connectivity index (χ2n) is 7.14. The van der Waals surface area contributed by atoms with Crippen LogP contribution in [-0.4, -0.2) is 23.6 Å². The summed E-state index contributed by atoms with van der Waals surface area (Å²) < 4.78 is 11.6. The zero-order valence-corrected chi connectivity index (χ0v) is 12.3. The third-order valence-corrected chi connectivity index (χ3v) is 5.97. The lowest BCUT2D eigenvalue weighted by molar-refractivity contribution is -0.559. The summed E-state index contributed by atoms with van der Waals surface area (Å²) in [6.45, 7) is 6.06. The first-order valence-corrected chi connectivity index (χ1v) is 7.71. The van der Waals surface area contributed by atoms with E-state index in [1.54, 1.807) is 0 Å². The Morgan fingerprint density at radius 3 is 2.70 bits per heavy atom. The molecule has 0 aromatic carbocycles. The van der Waals surface area contributed by atoms with Gasteiger partial charge in [-0.15, -0.1) is 0 Å². The highest BCUT2D eigenvalue weighted by atomic mass is 17.3. The van der Waals surface area contributed by atoms with Crippen molar-refractivity contribution < 1.29 is 24.0 Å². The average Bonchev–Trinajstić information content (AvgIpc) is 2.63. The fourth-order valence-electron chi connectivity index (χ4n) is 4.76. The number of carbonyl (C=O) groups excluding carboxylic acids is 1. The van der Waals surface area contributed by atoms with Crippen molar-refractivity contribution in [1.82, 2.24) is 0 Å². The quantitative estimate of drug-likeness (QED) is 0.504. The molecular weight excluding hydrogens is 260 g/mol. The van der Waals surface area contributed by atoms with Crippen molar-refractivity contribution in [3.05, 3.63) is 0 Å². The monoisotopic (exact) mass is 282 g/mol. The van der Waals surface area contributed by atoms with Crippen molar-refractivity contribution in [3.8, 4) is 0 Å². The Morgan fingerprint density at radius 1 is 1.10 bits per heavy atom. The van der Waals surface area contributed by atoms with E-state index < -0.39 is 17.7 Å². The molecule has 5 heteroatoms. The number of fused-ring (bicyclic) bond motifs is 2. The molecule has 5 rings (SSSR count). The summed E-state index contributed by atoms with van der Waals surface area (Å²) in [5.41, 5.74) is -0.610. The number of esters is 1. The predicted octanol–water partition coefficient (Wildman–Crippen LogP) is 2.39. The van der Waals surface area contributed by atoms with E-state index in [1.165, 1.54) is 0 Å². The Morgan fingerprint density at radius 2 is 1.90 bits per heavy atom. The van der Waals surface area contributed by atoms with Gasteiger partial charge in [-0.3, -0.25) is 4.79 Å². The van der Waals surface area contributed by atoms with Crippen LogP contribution in [0.25, 0.3) is 0 Å². The fraction of sp³-hybridized carbons (Fsp3) is 0.933. The topological polar surface area (TPSA) is 54.0 Å². The number of carbonyl (C=O) groups is 1. The van der Waals surface area contributed by atoms with Gasteiger partial charge in [0.05, 0.1) is 5.92 Å². The summed E-state index contributed by atoms with van der Waals surface area (Å²) in [5.74, 6) is -0.137. The second kappa shape index (κ2) is 3.96. The van der Waals surface area contributed by atoms with Crippen LogP contribution < -0.4 is 0 Å². The van der Waals surface area contributed by atoms with Gasteiger partial charge in [-0.1, -0.05) is 13.8 Å². The van der Waals surface area contributed by atoms with Crippen molar-refractivity contribution in [2.24, 2.45) is 23.7 Å². The van der Waals surface area contributed by atoms with Gasteiger partial charge in [-0.05, 0) is 32.1 Å². The smallest absolute Gasteiger partial charge is 0.311 e. The predicted molar refractivity (Wildman–Crippen MR) is 68.0 cm³/mol. The molecule has 1 aliphatic carbocycles. The first-order valence-electron chi connectivity index (χ1n) is 7.71. The molecule has 5 aliphatic rings. The largest absolute Gasteiger partial charge is 0.432 e. The van der Waals surface area contributed by atoms with Gasteiger partial charge in [-0.25, -0.2) is 9.78 Å². The minimum atomic E-state index is -0.793. The molecule has 112 valence electrons. The normalized spacial score (nSPS) is 57.8. The summed E-state index contributed by atoms with van der Waals surface area (Å²) >= 11 is 0. The Hall–Kier alpha value is -0.650. The number of rotatable bonds is 0. The summed E-state index contributed by atoms with van der Waals surface area (Å²) in [6.07, 6.45) is 3.24. The molecule has 4 saturated heterocycles. The Kier molecular flexibility index (Phi) is 2.58. The summed E-state index contributed by atoms with van der Waals surface area (Å²) in [6, 6.07) is 0. The van der Waals surface area contributed by atoms with Crippen LogP contribution in [0.1, 0.15) is 46.5 Å². The highest BCUT2D eigenvalue weighted by molar-refractivity contribution is 5.74. The third kappa shape index (κ3) is 1.46. The highest BCUT2D eigenvalue weighted by Gasteiger charge is 2.69. The van der Waals surface area contributed by atoms with Gasteiger partial charge in [0.15, 0.2) is 5.60 Å².